The standard InChI is InChI=1S/C30H38F2N6O4/c31-27(32)28-34-23-6-1-2-7-24(23)38(28)25-17-26(36-30(35-25)37-12-15-40-16-13-37)42-19-20-8-10-21(11-9-20)29(39)33-18-22-5-3-4-14-41-22/h1-2,6-7,17,20-22,27H,3-5,8-16,18-19H2,(H,33,39). The maximum absolute atomic E-state index is 14.1. The Hall–Kier alpha value is -3.38. The average Bonchev–Trinajstić information content (AvgIpc) is 3.44. The van der Waals surface area contributed by atoms with Crippen LogP contribution in [0, 0.1) is 11.8 Å². The minimum Gasteiger partial charge on any atom is -0.477 e. The predicted molar refractivity (Wildman–Crippen MR) is 152 cm³/mol. The van der Waals surface area contributed by atoms with Gasteiger partial charge in [-0.1, -0.05) is 12.1 Å². The minimum atomic E-state index is -2.79. The predicted octanol–water partition coefficient (Wildman–Crippen LogP) is 4.46. The van der Waals surface area contributed by atoms with Gasteiger partial charge in [0.2, 0.25) is 17.7 Å². The van der Waals surface area contributed by atoms with E-state index in [1.54, 1.807) is 30.3 Å². The third-order valence-electron chi connectivity index (χ3n) is 8.44. The molecule has 42 heavy (non-hydrogen) atoms. The Morgan fingerprint density at radius 3 is 2.60 bits per heavy atom. The molecular formula is C30H38F2N6O4. The van der Waals surface area contributed by atoms with Crippen molar-refractivity contribution in [2.24, 2.45) is 11.8 Å². The van der Waals surface area contributed by atoms with Crippen LogP contribution in [0.3, 0.4) is 0 Å². The molecule has 0 bridgehead atoms. The first-order valence-corrected chi connectivity index (χ1v) is 15.0. The van der Waals surface area contributed by atoms with Crippen LogP contribution < -0.4 is 15.0 Å². The number of ether oxygens (including phenoxy) is 3. The third-order valence-corrected chi connectivity index (χ3v) is 8.44. The van der Waals surface area contributed by atoms with Gasteiger partial charge in [-0.05, 0) is 63.0 Å². The highest BCUT2D eigenvalue weighted by Gasteiger charge is 2.28. The summed E-state index contributed by atoms with van der Waals surface area (Å²) in [6, 6.07) is 8.63. The lowest BCUT2D eigenvalue weighted by Crippen LogP contribution is -2.39. The first-order valence-electron chi connectivity index (χ1n) is 15.0. The van der Waals surface area contributed by atoms with Gasteiger partial charge < -0.3 is 24.4 Å². The molecule has 226 valence electrons. The molecule has 1 saturated carbocycles. The van der Waals surface area contributed by atoms with E-state index in [4.69, 9.17) is 14.2 Å². The van der Waals surface area contributed by atoms with Crippen LogP contribution in [0.5, 0.6) is 5.88 Å². The Bertz CT molecular complexity index is 1350. The Morgan fingerprint density at radius 2 is 1.83 bits per heavy atom. The van der Waals surface area contributed by atoms with E-state index in [1.165, 1.54) is 4.57 Å². The highest BCUT2D eigenvalue weighted by atomic mass is 19.3. The van der Waals surface area contributed by atoms with Crippen LogP contribution >= 0.6 is 0 Å². The van der Waals surface area contributed by atoms with Gasteiger partial charge in [0.25, 0.3) is 6.43 Å². The zero-order valence-corrected chi connectivity index (χ0v) is 23.7. The number of imidazole rings is 1. The summed E-state index contributed by atoms with van der Waals surface area (Å²) in [7, 11) is 0. The van der Waals surface area contributed by atoms with Crippen molar-refractivity contribution in [2.75, 3.05) is 51.0 Å². The van der Waals surface area contributed by atoms with Crippen molar-refractivity contribution in [3.05, 3.63) is 36.2 Å². The Morgan fingerprint density at radius 1 is 1.02 bits per heavy atom. The Balaban J connectivity index is 1.14. The van der Waals surface area contributed by atoms with E-state index in [2.05, 4.69) is 20.3 Å². The number of aromatic nitrogens is 4. The van der Waals surface area contributed by atoms with Gasteiger partial charge in [-0.15, -0.1) is 0 Å². The molecule has 1 atom stereocenters. The lowest BCUT2D eigenvalue weighted by molar-refractivity contribution is -0.127. The van der Waals surface area contributed by atoms with Crippen molar-refractivity contribution in [3.8, 4) is 11.7 Å². The van der Waals surface area contributed by atoms with Crippen molar-refractivity contribution in [2.45, 2.75) is 57.5 Å². The van der Waals surface area contributed by atoms with Gasteiger partial charge in [0.05, 0.1) is 37.0 Å². The van der Waals surface area contributed by atoms with E-state index in [9.17, 15) is 13.6 Å². The summed E-state index contributed by atoms with van der Waals surface area (Å²) >= 11 is 0. The number of hydrogen-bond acceptors (Lipinski definition) is 8. The van der Waals surface area contributed by atoms with E-state index in [1.807, 2.05) is 4.90 Å². The fourth-order valence-electron chi connectivity index (χ4n) is 6.05. The molecule has 10 nitrogen and oxygen atoms in total. The van der Waals surface area contributed by atoms with Crippen molar-refractivity contribution in [1.82, 2.24) is 24.8 Å². The van der Waals surface area contributed by atoms with E-state index in [0.717, 1.165) is 51.6 Å². The second-order valence-electron chi connectivity index (χ2n) is 11.3. The molecule has 2 aliphatic heterocycles. The number of halogens is 2. The van der Waals surface area contributed by atoms with Gasteiger partial charge in [0.15, 0.2) is 5.82 Å². The quantitative estimate of drug-likeness (QED) is 0.393. The normalized spacial score (nSPS) is 23.3. The molecule has 3 fully saturated rings. The largest absolute Gasteiger partial charge is 0.477 e. The molecule has 4 heterocycles. The summed E-state index contributed by atoms with van der Waals surface area (Å²) in [6.45, 7) is 4.04. The number of hydrogen-bond donors (Lipinski definition) is 1. The van der Waals surface area contributed by atoms with Gasteiger partial charge in [-0.25, -0.2) is 13.8 Å². The molecule has 2 saturated heterocycles. The van der Waals surface area contributed by atoms with Crippen LogP contribution in [-0.4, -0.2) is 77.6 Å². The van der Waals surface area contributed by atoms with Crippen LogP contribution in [0.25, 0.3) is 16.9 Å². The van der Waals surface area contributed by atoms with Gasteiger partial charge in [0.1, 0.15) is 5.82 Å². The Kier molecular flexibility index (Phi) is 9.09. The lowest BCUT2D eigenvalue weighted by Gasteiger charge is -2.29. The number of nitrogens with one attached hydrogen (secondary N) is 1. The first kappa shape index (κ1) is 28.7. The molecule has 3 aliphatic rings. The summed E-state index contributed by atoms with van der Waals surface area (Å²) < 4.78 is 47.0. The highest BCUT2D eigenvalue weighted by molar-refractivity contribution is 5.79. The smallest absolute Gasteiger partial charge is 0.296 e. The summed E-state index contributed by atoms with van der Waals surface area (Å²) in [4.78, 5) is 28.2. The Labute approximate surface area is 243 Å². The van der Waals surface area contributed by atoms with Crippen LogP contribution in [0.2, 0.25) is 0 Å². The second-order valence-corrected chi connectivity index (χ2v) is 11.3. The summed E-state index contributed by atoms with van der Waals surface area (Å²) in [5, 5.41) is 3.09. The zero-order chi connectivity index (χ0) is 28.9. The van der Waals surface area contributed by atoms with E-state index >= 15 is 0 Å². The summed E-state index contributed by atoms with van der Waals surface area (Å²) in [6.07, 6.45) is 3.94. The highest BCUT2D eigenvalue weighted by Crippen LogP contribution is 2.32. The monoisotopic (exact) mass is 584 g/mol. The lowest BCUT2D eigenvalue weighted by atomic mass is 9.82. The summed E-state index contributed by atoms with van der Waals surface area (Å²) in [5.74, 6) is 1.03. The van der Waals surface area contributed by atoms with E-state index in [0.29, 0.717) is 62.3 Å². The number of nitrogens with zero attached hydrogens (tertiary/aromatic N) is 5. The fraction of sp³-hybridized carbons (Fsp3) is 0.600. The van der Waals surface area contributed by atoms with Crippen molar-refractivity contribution < 1.29 is 27.8 Å². The SMILES string of the molecule is O=C(NCC1CCCCO1)C1CCC(COc2cc(-n3c(C(F)F)nc4ccccc43)nc(N3CCOCC3)n2)CC1. The number of amides is 1. The number of carbonyl (C=O) groups is 1. The summed E-state index contributed by atoms with van der Waals surface area (Å²) in [5.41, 5.74) is 1.01. The number of fused-ring (bicyclic) bond motifs is 1. The van der Waals surface area contributed by atoms with E-state index < -0.39 is 6.43 Å². The number of carbonyl (C=O) groups excluding carboxylic acids is 1. The second kappa shape index (κ2) is 13.3. The molecule has 1 aromatic carbocycles. The molecule has 1 aliphatic carbocycles. The molecule has 1 N–H and O–H groups in total. The van der Waals surface area contributed by atoms with Gasteiger partial charge in [-0.3, -0.25) is 9.36 Å². The maximum Gasteiger partial charge on any atom is 0.296 e. The van der Waals surface area contributed by atoms with Gasteiger partial charge >= 0.3 is 0 Å². The first-order chi connectivity index (χ1) is 20.5. The molecular weight excluding hydrogens is 546 g/mol. The number of para-hydroxylation sites is 2. The number of benzene rings is 1. The number of morpholine rings is 1. The zero-order valence-electron chi connectivity index (χ0n) is 23.7. The molecule has 3 aromatic rings. The van der Waals surface area contributed by atoms with Crippen LogP contribution in [0.4, 0.5) is 14.7 Å². The number of alkyl halides is 2. The van der Waals surface area contributed by atoms with Crippen molar-refractivity contribution in [3.63, 3.8) is 0 Å². The molecule has 0 radical (unpaired) electrons. The molecule has 0 spiro atoms. The topological polar surface area (TPSA) is 104 Å². The third kappa shape index (κ3) is 6.64. The van der Waals surface area contributed by atoms with E-state index in [-0.39, 0.29) is 35.5 Å². The molecule has 12 heteroatoms. The molecule has 1 unspecified atom stereocenters. The van der Waals surface area contributed by atoms with Crippen LogP contribution in [0.15, 0.2) is 30.3 Å². The number of anilines is 1. The fourth-order valence-corrected chi connectivity index (χ4v) is 6.05. The minimum absolute atomic E-state index is 0.00528. The van der Waals surface area contributed by atoms with Crippen molar-refractivity contribution >= 4 is 22.9 Å². The maximum atomic E-state index is 14.1. The van der Waals surface area contributed by atoms with Gasteiger partial charge in [-0.2, -0.15) is 9.97 Å². The molecule has 2 aromatic heterocycles. The van der Waals surface area contributed by atoms with Crippen molar-refractivity contribution in [1.29, 1.82) is 0 Å². The van der Waals surface area contributed by atoms with Gasteiger partial charge in [0, 0.05) is 38.2 Å². The van der Waals surface area contributed by atoms with Crippen LogP contribution in [-0.2, 0) is 14.3 Å². The number of rotatable bonds is 9. The molecule has 6 rings (SSSR count). The van der Waals surface area contributed by atoms with Crippen LogP contribution in [0.1, 0.15) is 57.2 Å². The molecule has 1 amide bonds. The average molecular weight is 585 g/mol.